The Labute approximate surface area is 106 Å². The van der Waals surface area contributed by atoms with Crippen molar-refractivity contribution >= 4 is 21.7 Å². The van der Waals surface area contributed by atoms with Gasteiger partial charge in [-0.1, -0.05) is 18.2 Å². The molecule has 0 aromatic heterocycles. The summed E-state index contributed by atoms with van der Waals surface area (Å²) in [7, 11) is -2.77. The van der Waals surface area contributed by atoms with Crippen molar-refractivity contribution < 1.29 is 23.1 Å². The van der Waals surface area contributed by atoms with E-state index in [1.807, 2.05) is 0 Å². The van der Waals surface area contributed by atoms with Gasteiger partial charge in [-0.2, -0.15) is 0 Å². The van der Waals surface area contributed by atoms with Crippen LogP contribution in [0.1, 0.15) is 12.5 Å². The van der Waals surface area contributed by atoms with Gasteiger partial charge in [-0.15, -0.1) is 0 Å². The fraction of sp³-hybridized carbons (Fsp3) is 0.364. The van der Waals surface area contributed by atoms with Gasteiger partial charge in [0.05, 0.1) is 19.4 Å². The van der Waals surface area contributed by atoms with Crippen molar-refractivity contribution in [1.29, 1.82) is 0 Å². The van der Waals surface area contributed by atoms with Gasteiger partial charge in [0.1, 0.15) is 0 Å². The van der Waals surface area contributed by atoms with Gasteiger partial charge >= 0.3 is 5.97 Å². The van der Waals surface area contributed by atoms with Crippen LogP contribution >= 0.6 is 0 Å². The predicted molar refractivity (Wildman–Crippen MR) is 66.4 cm³/mol. The molecule has 0 saturated carbocycles. The summed E-state index contributed by atoms with van der Waals surface area (Å²) in [6, 6.07) is 6.39. The molecule has 0 fully saturated rings. The van der Waals surface area contributed by atoms with Crippen LogP contribution in [0.5, 0.6) is 0 Å². The highest BCUT2D eigenvalue weighted by Gasteiger charge is 2.29. The highest BCUT2D eigenvalue weighted by Crippen LogP contribution is 2.18. The van der Waals surface area contributed by atoms with Gasteiger partial charge in [-0.05, 0) is 13.0 Å². The van der Waals surface area contributed by atoms with Crippen molar-refractivity contribution in [2.45, 2.75) is 18.8 Å². The lowest BCUT2D eigenvalue weighted by Crippen LogP contribution is -2.33. The summed E-state index contributed by atoms with van der Waals surface area (Å²) in [5.41, 5.74) is 0.675. The van der Waals surface area contributed by atoms with E-state index in [1.165, 1.54) is 13.0 Å². The second-order valence-corrected chi connectivity index (χ2v) is 5.63. The Morgan fingerprint density at radius 2 is 2.06 bits per heavy atom. The molecular weight excluding hydrogens is 258 g/mol. The number of esters is 1. The lowest BCUT2D eigenvalue weighted by Gasteiger charge is -2.14. The van der Waals surface area contributed by atoms with E-state index in [2.05, 4.69) is 9.46 Å². The molecule has 18 heavy (non-hydrogen) atoms. The van der Waals surface area contributed by atoms with Gasteiger partial charge in [0.15, 0.2) is 5.25 Å². The molecule has 1 aromatic rings. The summed E-state index contributed by atoms with van der Waals surface area (Å²) < 4.78 is 30.4. The number of aliphatic hydroxyl groups excluding tert-OH is 1. The van der Waals surface area contributed by atoms with E-state index in [0.29, 0.717) is 5.56 Å². The molecule has 0 bridgehead atoms. The van der Waals surface area contributed by atoms with Crippen LogP contribution in [0.15, 0.2) is 24.3 Å². The van der Waals surface area contributed by atoms with E-state index >= 15 is 0 Å². The number of ether oxygens (including phenoxy) is 1. The number of methoxy groups -OCH3 is 1. The van der Waals surface area contributed by atoms with Crippen LogP contribution in [0, 0.1) is 0 Å². The van der Waals surface area contributed by atoms with Gasteiger partial charge in [0.2, 0.25) is 10.0 Å². The largest absolute Gasteiger partial charge is 0.468 e. The first-order valence-corrected chi connectivity index (χ1v) is 6.75. The molecular formula is C11H15NO5S. The molecule has 100 valence electrons. The van der Waals surface area contributed by atoms with Crippen molar-refractivity contribution in [3.05, 3.63) is 29.8 Å². The van der Waals surface area contributed by atoms with Crippen LogP contribution in [-0.4, -0.2) is 31.9 Å². The highest BCUT2D eigenvalue weighted by atomic mass is 32.2. The lowest BCUT2D eigenvalue weighted by molar-refractivity contribution is -0.139. The Morgan fingerprint density at radius 3 is 2.61 bits per heavy atom. The quantitative estimate of drug-likeness (QED) is 0.761. The third-order valence-corrected chi connectivity index (χ3v) is 4.07. The molecule has 6 nitrogen and oxygen atoms in total. The number of benzene rings is 1. The number of hydrogen-bond acceptors (Lipinski definition) is 5. The summed E-state index contributed by atoms with van der Waals surface area (Å²) in [4.78, 5) is 11.2. The van der Waals surface area contributed by atoms with Crippen LogP contribution in [0.4, 0.5) is 5.69 Å². The van der Waals surface area contributed by atoms with Crippen molar-refractivity contribution in [3.8, 4) is 0 Å². The zero-order valence-corrected chi connectivity index (χ0v) is 10.9. The number of sulfonamides is 1. The number of carbonyl (C=O) groups excluding carboxylic acids is 1. The molecule has 0 aliphatic rings. The monoisotopic (exact) mass is 273 g/mol. The molecule has 1 aromatic carbocycles. The molecule has 1 atom stereocenters. The zero-order valence-electron chi connectivity index (χ0n) is 10.1. The van der Waals surface area contributed by atoms with Gasteiger partial charge in [0, 0.05) is 5.56 Å². The van der Waals surface area contributed by atoms with Crippen molar-refractivity contribution in [3.63, 3.8) is 0 Å². The fourth-order valence-electron chi connectivity index (χ4n) is 1.29. The second kappa shape index (κ2) is 5.83. The topological polar surface area (TPSA) is 92.7 Å². The zero-order chi connectivity index (χ0) is 13.8. The van der Waals surface area contributed by atoms with Gasteiger partial charge < -0.3 is 9.84 Å². The molecule has 1 rings (SSSR count). The first kappa shape index (κ1) is 14.5. The van der Waals surface area contributed by atoms with Crippen LogP contribution in [0.2, 0.25) is 0 Å². The van der Waals surface area contributed by atoms with E-state index in [1.54, 1.807) is 18.2 Å². The SMILES string of the molecule is COC(=O)C(C)S(=O)(=O)Nc1ccccc1CO. The second-order valence-electron chi connectivity index (χ2n) is 3.63. The summed E-state index contributed by atoms with van der Waals surface area (Å²) in [5, 5.41) is 7.76. The molecule has 0 heterocycles. The minimum atomic E-state index is -3.89. The van der Waals surface area contributed by atoms with Gasteiger partial charge in [-0.25, -0.2) is 8.42 Å². The Balaban J connectivity index is 2.99. The number of aliphatic hydroxyl groups is 1. The maximum Gasteiger partial charge on any atom is 0.325 e. The van der Waals surface area contributed by atoms with Crippen LogP contribution in [0.25, 0.3) is 0 Å². The van der Waals surface area contributed by atoms with Gasteiger partial charge in [0.25, 0.3) is 0 Å². The smallest absolute Gasteiger partial charge is 0.325 e. The van der Waals surface area contributed by atoms with E-state index in [4.69, 9.17) is 5.11 Å². The van der Waals surface area contributed by atoms with E-state index in [9.17, 15) is 13.2 Å². The third-order valence-electron chi connectivity index (χ3n) is 2.44. The Hall–Kier alpha value is -1.60. The summed E-state index contributed by atoms with van der Waals surface area (Å²) in [6.07, 6.45) is 0. The molecule has 0 spiro atoms. The van der Waals surface area contributed by atoms with Crippen LogP contribution in [0.3, 0.4) is 0 Å². The first-order chi connectivity index (χ1) is 8.42. The minimum absolute atomic E-state index is 0.246. The number of anilines is 1. The number of para-hydroxylation sites is 1. The molecule has 0 radical (unpaired) electrons. The van der Waals surface area contributed by atoms with Crippen molar-refractivity contribution in [2.75, 3.05) is 11.8 Å². The molecule has 7 heteroatoms. The van der Waals surface area contributed by atoms with E-state index in [0.717, 1.165) is 7.11 Å². The summed E-state index contributed by atoms with van der Waals surface area (Å²) in [6.45, 7) is 0.932. The lowest BCUT2D eigenvalue weighted by atomic mass is 10.2. The van der Waals surface area contributed by atoms with E-state index < -0.39 is 21.2 Å². The molecule has 2 N–H and O–H groups in total. The van der Waals surface area contributed by atoms with Crippen LogP contribution < -0.4 is 4.72 Å². The number of carbonyl (C=O) groups is 1. The average Bonchev–Trinajstić information content (AvgIpc) is 2.37. The van der Waals surface area contributed by atoms with E-state index in [-0.39, 0.29) is 12.3 Å². The Morgan fingerprint density at radius 1 is 1.44 bits per heavy atom. The maximum absolute atomic E-state index is 11.9. The number of nitrogens with one attached hydrogen (secondary N) is 1. The van der Waals surface area contributed by atoms with Gasteiger partial charge in [-0.3, -0.25) is 9.52 Å². The normalized spacial score (nSPS) is 12.8. The summed E-state index contributed by atoms with van der Waals surface area (Å²) in [5.74, 6) is -0.844. The van der Waals surface area contributed by atoms with Crippen LogP contribution in [-0.2, 0) is 26.2 Å². The maximum atomic E-state index is 11.9. The number of hydrogen-bond donors (Lipinski definition) is 2. The Kier molecular flexibility index (Phi) is 4.69. The first-order valence-electron chi connectivity index (χ1n) is 5.20. The molecule has 0 amide bonds. The highest BCUT2D eigenvalue weighted by molar-refractivity contribution is 7.94. The molecule has 0 aliphatic heterocycles. The van der Waals surface area contributed by atoms with Crippen molar-refractivity contribution in [1.82, 2.24) is 0 Å². The predicted octanol–water partition coefficient (Wildman–Crippen LogP) is 0.482. The average molecular weight is 273 g/mol. The summed E-state index contributed by atoms with van der Waals surface area (Å²) >= 11 is 0. The minimum Gasteiger partial charge on any atom is -0.468 e. The number of rotatable bonds is 5. The Bertz CT molecular complexity index is 526. The molecule has 1 unspecified atom stereocenters. The molecule has 0 saturated heterocycles. The molecule has 0 aliphatic carbocycles. The standard InChI is InChI=1S/C11H15NO5S/c1-8(11(14)17-2)18(15,16)12-10-6-4-3-5-9(10)7-13/h3-6,8,12-13H,7H2,1-2H3. The van der Waals surface area contributed by atoms with Crippen molar-refractivity contribution in [2.24, 2.45) is 0 Å². The third kappa shape index (κ3) is 3.21. The fourth-order valence-corrected chi connectivity index (χ4v) is 2.32.